The van der Waals surface area contributed by atoms with Gasteiger partial charge in [0, 0.05) is 15.1 Å². The molecule has 1 aliphatic heterocycles. The van der Waals surface area contributed by atoms with E-state index >= 15 is 0 Å². The first-order valence-corrected chi connectivity index (χ1v) is 15.3. The van der Waals surface area contributed by atoms with Crippen molar-refractivity contribution in [2.45, 2.75) is 26.1 Å². The minimum absolute atomic E-state index is 0.00855. The fourth-order valence-electron chi connectivity index (χ4n) is 4.12. The highest BCUT2D eigenvalue weighted by Gasteiger charge is 2.45. The maximum Gasteiger partial charge on any atom is 0.434 e. The van der Waals surface area contributed by atoms with Gasteiger partial charge in [-0.2, -0.15) is 13.2 Å². The predicted octanol–water partition coefficient (Wildman–Crippen LogP) is 5.30. The molecule has 0 unspecified atom stereocenters. The molecular weight excluding hydrogens is 780 g/mol. The lowest BCUT2D eigenvalue weighted by Crippen LogP contribution is -2.41. The normalized spacial score (nSPS) is 15.2. The summed E-state index contributed by atoms with van der Waals surface area (Å²) < 4.78 is 60.8. The summed E-state index contributed by atoms with van der Waals surface area (Å²) in [6, 6.07) is 7.60. The van der Waals surface area contributed by atoms with E-state index in [0.29, 0.717) is 30.0 Å². The average molecular weight is 800 g/mol. The molecule has 0 aliphatic carbocycles. The third-order valence-corrected chi connectivity index (χ3v) is 8.24. The molecule has 0 radical (unpaired) electrons. The second-order valence-corrected chi connectivity index (χ2v) is 12.0. The number of ether oxygens (including phenoxy) is 3. The van der Waals surface area contributed by atoms with Crippen LogP contribution >= 0.6 is 61.5 Å². The molecule has 4 rings (SSSR count). The second kappa shape index (κ2) is 13.3. The lowest BCUT2D eigenvalue weighted by molar-refractivity contribution is -0.145. The van der Waals surface area contributed by atoms with Crippen LogP contribution in [0.3, 0.4) is 0 Å². The SMILES string of the molecule is CCOC(=O)COc1c(I)cc(Br)cc1/C=c1\sc2n(c1=O)[C@@H](c1ccc(Cl)cc1)C(C(=O)OCC)=C(C(F)(F)F)N=2. The van der Waals surface area contributed by atoms with E-state index in [1.807, 2.05) is 22.6 Å². The Morgan fingerprint density at radius 2 is 1.83 bits per heavy atom. The highest BCUT2D eigenvalue weighted by molar-refractivity contribution is 14.1. The zero-order chi connectivity index (χ0) is 30.8. The quantitative estimate of drug-likeness (QED) is 0.227. The van der Waals surface area contributed by atoms with Gasteiger partial charge in [0.2, 0.25) is 0 Å². The smallest absolute Gasteiger partial charge is 0.434 e. The fraction of sp³-hybridized carbons (Fsp3) is 0.259. The number of aromatic nitrogens is 1. The molecule has 0 saturated heterocycles. The van der Waals surface area contributed by atoms with Crippen LogP contribution in [0.2, 0.25) is 5.02 Å². The molecule has 8 nitrogen and oxygen atoms in total. The number of rotatable bonds is 8. The lowest BCUT2D eigenvalue weighted by Gasteiger charge is -2.26. The number of hydrogen-bond acceptors (Lipinski definition) is 8. The molecule has 0 saturated carbocycles. The average Bonchev–Trinajstić information content (AvgIpc) is 3.22. The van der Waals surface area contributed by atoms with Gasteiger partial charge in [-0.3, -0.25) is 9.36 Å². The molecule has 1 aromatic heterocycles. The zero-order valence-electron chi connectivity index (χ0n) is 21.8. The van der Waals surface area contributed by atoms with Crippen LogP contribution in [0.15, 0.2) is 61.9 Å². The minimum Gasteiger partial charge on any atom is -0.480 e. The van der Waals surface area contributed by atoms with Gasteiger partial charge in [0.05, 0.1) is 32.9 Å². The van der Waals surface area contributed by atoms with Crippen LogP contribution in [-0.2, 0) is 19.1 Å². The zero-order valence-corrected chi connectivity index (χ0v) is 27.1. The van der Waals surface area contributed by atoms with E-state index in [2.05, 4.69) is 20.9 Å². The van der Waals surface area contributed by atoms with Gasteiger partial charge in [0.1, 0.15) is 5.75 Å². The Kier molecular flexibility index (Phi) is 10.2. The van der Waals surface area contributed by atoms with Gasteiger partial charge >= 0.3 is 18.1 Å². The molecule has 2 heterocycles. The number of thiazole rings is 1. The Morgan fingerprint density at radius 1 is 1.17 bits per heavy atom. The Hall–Kier alpha value is -2.69. The molecule has 1 aliphatic rings. The van der Waals surface area contributed by atoms with Crippen molar-refractivity contribution in [2.75, 3.05) is 19.8 Å². The van der Waals surface area contributed by atoms with E-state index in [1.165, 1.54) is 37.3 Å². The van der Waals surface area contributed by atoms with Gasteiger partial charge in [0.25, 0.3) is 5.56 Å². The van der Waals surface area contributed by atoms with Crippen LogP contribution in [0.5, 0.6) is 5.75 Å². The number of carbonyl (C=O) groups is 2. The lowest BCUT2D eigenvalue weighted by atomic mass is 9.95. The second-order valence-electron chi connectivity index (χ2n) is 8.51. The molecule has 1 atom stereocenters. The molecule has 0 N–H and O–H groups in total. The van der Waals surface area contributed by atoms with Gasteiger partial charge in [-0.05, 0) is 72.3 Å². The Morgan fingerprint density at radius 3 is 2.45 bits per heavy atom. The van der Waals surface area contributed by atoms with Crippen LogP contribution in [-0.4, -0.2) is 42.5 Å². The predicted molar refractivity (Wildman–Crippen MR) is 161 cm³/mol. The molecule has 0 fully saturated rings. The van der Waals surface area contributed by atoms with E-state index in [1.54, 1.807) is 19.1 Å². The summed E-state index contributed by atoms with van der Waals surface area (Å²) in [4.78, 5) is 42.2. The number of fused-ring (bicyclic) bond motifs is 1. The summed E-state index contributed by atoms with van der Waals surface area (Å²) in [6.45, 7) is 2.68. The number of nitrogens with zero attached hydrogens (tertiary/aromatic N) is 2. The van der Waals surface area contributed by atoms with Crippen molar-refractivity contribution in [2.24, 2.45) is 4.99 Å². The van der Waals surface area contributed by atoms with Crippen LogP contribution in [0.4, 0.5) is 13.2 Å². The largest absolute Gasteiger partial charge is 0.480 e. The molecule has 2 aromatic carbocycles. The first-order chi connectivity index (χ1) is 19.8. The van der Waals surface area contributed by atoms with Gasteiger partial charge in [0.15, 0.2) is 17.1 Å². The van der Waals surface area contributed by atoms with E-state index in [9.17, 15) is 27.6 Å². The third kappa shape index (κ3) is 6.92. The number of allylic oxidation sites excluding steroid dienone is 1. The van der Waals surface area contributed by atoms with E-state index in [4.69, 9.17) is 25.8 Å². The summed E-state index contributed by atoms with van der Waals surface area (Å²) in [7, 11) is 0. The van der Waals surface area contributed by atoms with E-state index in [-0.39, 0.29) is 33.9 Å². The number of halogens is 6. The Labute approximate surface area is 267 Å². The molecule has 0 spiro atoms. The fourth-order valence-corrected chi connectivity index (χ4v) is 6.94. The summed E-state index contributed by atoms with van der Waals surface area (Å²) in [6.07, 6.45) is -3.60. The minimum atomic E-state index is -5.03. The van der Waals surface area contributed by atoms with Crippen molar-refractivity contribution in [3.63, 3.8) is 0 Å². The Balaban J connectivity index is 1.98. The number of alkyl halides is 3. The third-order valence-electron chi connectivity index (χ3n) is 5.74. The first-order valence-electron chi connectivity index (χ1n) is 12.2. The van der Waals surface area contributed by atoms with E-state index in [0.717, 1.165) is 4.57 Å². The van der Waals surface area contributed by atoms with Crippen molar-refractivity contribution in [3.8, 4) is 5.75 Å². The highest BCUT2D eigenvalue weighted by Crippen LogP contribution is 2.38. The maximum absolute atomic E-state index is 14.3. The number of benzene rings is 2. The molecular formula is C27H20BrClF3IN2O6S. The Bertz CT molecular complexity index is 1760. The summed E-state index contributed by atoms with van der Waals surface area (Å²) in [5.74, 6) is -1.59. The molecule has 15 heteroatoms. The number of esters is 2. The van der Waals surface area contributed by atoms with Crippen LogP contribution in [0.25, 0.3) is 6.08 Å². The van der Waals surface area contributed by atoms with Crippen LogP contribution in [0, 0.1) is 3.57 Å². The van der Waals surface area contributed by atoms with Crippen molar-refractivity contribution in [1.29, 1.82) is 0 Å². The van der Waals surface area contributed by atoms with Crippen molar-refractivity contribution in [3.05, 3.63) is 91.5 Å². The van der Waals surface area contributed by atoms with Crippen molar-refractivity contribution < 1.29 is 37.0 Å². The van der Waals surface area contributed by atoms with E-state index < -0.39 is 47.6 Å². The molecule has 0 bridgehead atoms. The van der Waals surface area contributed by atoms with Gasteiger partial charge in [-0.15, -0.1) is 0 Å². The van der Waals surface area contributed by atoms with Crippen LogP contribution < -0.4 is 19.6 Å². The van der Waals surface area contributed by atoms with Gasteiger partial charge < -0.3 is 14.2 Å². The molecule has 222 valence electrons. The number of carbonyl (C=O) groups excluding carboxylic acids is 2. The topological polar surface area (TPSA) is 96.2 Å². The molecule has 42 heavy (non-hydrogen) atoms. The van der Waals surface area contributed by atoms with Crippen molar-refractivity contribution >= 4 is 79.5 Å². The maximum atomic E-state index is 14.3. The van der Waals surface area contributed by atoms with Gasteiger partial charge in [-0.25, -0.2) is 14.6 Å². The molecule has 3 aromatic rings. The molecule has 0 amide bonds. The van der Waals surface area contributed by atoms with Crippen molar-refractivity contribution in [1.82, 2.24) is 4.57 Å². The summed E-state index contributed by atoms with van der Waals surface area (Å²) in [5, 5.41) is 0.309. The summed E-state index contributed by atoms with van der Waals surface area (Å²) >= 11 is 12.1. The number of hydrogen-bond donors (Lipinski definition) is 0. The highest BCUT2D eigenvalue weighted by atomic mass is 127. The van der Waals surface area contributed by atoms with Crippen LogP contribution in [0.1, 0.15) is 31.0 Å². The van der Waals surface area contributed by atoms with Gasteiger partial charge in [-0.1, -0.05) is 51.0 Å². The standard InChI is InChI=1S/C27H20BrClF3IN2O6S/c1-3-39-19(36)12-41-22-14(9-15(28)11-17(22)33)10-18-24(37)35-21(13-5-7-16(29)8-6-13)20(25(38)40-4-2)23(27(30,31)32)34-26(35)42-18/h5-11,21H,3-4,12H2,1-2H3/b18-10-/t21-/m0/s1. The first kappa shape index (κ1) is 32.2. The summed E-state index contributed by atoms with van der Waals surface area (Å²) in [5.41, 5.74) is -2.41. The monoisotopic (exact) mass is 798 g/mol.